The number of rotatable bonds is 11. The van der Waals surface area contributed by atoms with E-state index < -0.39 is 10.0 Å². The van der Waals surface area contributed by atoms with Gasteiger partial charge in [0.25, 0.3) is 0 Å². The normalized spacial score (nSPS) is 14.1. The number of nitrogens with zero attached hydrogens (tertiary/aromatic N) is 3. The van der Waals surface area contributed by atoms with Crippen LogP contribution in [0.4, 0.5) is 28.8 Å². The molecule has 198 valence electrons. The minimum Gasteiger partial charge on any atom is -0.493 e. The molecule has 2 heterocycles. The largest absolute Gasteiger partial charge is 0.493 e. The Kier molecular flexibility index (Phi) is 8.91. The van der Waals surface area contributed by atoms with Crippen molar-refractivity contribution in [3.63, 3.8) is 0 Å². The van der Waals surface area contributed by atoms with Crippen LogP contribution in [-0.2, 0) is 10.0 Å². The van der Waals surface area contributed by atoms with Crippen molar-refractivity contribution in [1.29, 1.82) is 0 Å². The first-order valence-electron chi connectivity index (χ1n) is 12.0. The maximum absolute atomic E-state index is 11.7. The third-order valence-electron chi connectivity index (χ3n) is 5.75. The van der Waals surface area contributed by atoms with Gasteiger partial charge in [-0.25, -0.2) is 13.4 Å². The Morgan fingerprint density at radius 2 is 1.78 bits per heavy atom. The van der Waals surface area contributed by atoms with E-state index in [9.17, 15) is 8.42 Å². The molecule has 0 bridgehead atoms. The van der Waals surface area contributed by atoms with Gasteiger partial charge in [-0.05, 0) is 50.2 Å². The van der Waals surface area contributed by atoms with E-state index in [0.717, 1.165) is 25.9 Å². The molecule has 0 amide bonds. The van der Waals surface area contributed by atoms with Gasteiger partial charge in [-0.1, -0.05) is 30.2 Å². The lowest BCUT2D eigenvalue weighted by molar-refractivity contribution is 0.180. The molecule has 0 unspecified atom stereocenters. The Bertz CT molecular complexity index is 1320. The summed E-state index contributed by atoms with van der Waals surface area (Å²) in [6, 6.07) is 12.4. The molecule has 1 aromatic heterocycles. The first-order valence-corrected chi connectivity index (χ1v) is 14.2. The summed E-state index contributed by atoms with van der Waals surface area (Å²) in [4.78, 5) is 11.1. The molecule has 3 N–H and O–H groups in total. The number of aromatic nitrogens is 2. The number of sulfonamides is 1. The van der Waals surface area contributed by atoms with Crippen molar-refractivity contribution in [3.05, 3.63) is 53.7 Å². The molecule has 0 atom stereocenters. The Morgan fingerprint density at radius 1 is 1.03 bits per heavy atom. The van der Waals surface area contributed by atoms with Gasteiger partial charge < -0.3 is 20.1 Å². The zero-order valence-electron chi connectivity index (χ0n) is 20.8. The van der Waals surface area contributed by atoms with Crippen LogP contribution in [0.15, 0.2) is 48.7 Å². The van der Waals surface area contributed by atoms with Crippen LogP contribution >= 0.6 is 11.6 Å². The average Bonchev–Trinajstić information content (AvgIpc) is 2.87. The second-order valence-electron chi connectivity index (χ2n) is 8.68. The molecule has 0 spiro atoms. The second kappa shape index (κ2) is 12.3. The molecule has 1 saturated heterocycles. The summed E-state index contributed by atoms with van der Waals surface area (Å²) in [5.41, 5.74) is 1.56. The van der Waals surface area contributed by atoms with E-state index in [1.165, 1.54) is 25.5 Å². The zero-order chi connectivity index (χ0) is 26.3. The van der Waals surface area contributed by atoms with Crippen molar-refractivity contribution in [2.75, 3.05) is 55.0 Å². The molecule has 10 nitrogen and oxygen atoms in total. The van der Waals surface area contributed by atoms with Crippen molar-refractivity contribution in [3.8, 4) is 11.5 Å². The van der Waals surface area contributed by atoms with Crippen molar-refractivity contribution >= 4 is 50.5 Å². The molecule has 0 aliphatic carbocycles. The van der Waals surface area contributed by atoms with E-state index in [1.807, 2.05) is 18.2 Å². The molecule has 2 aromatic carbocycles. The first kappa shape index (κ1) is 26.8. The van der Waals surface area contributed by atoms with Gasteiger partial charge in [0.05, 0.1) is 30.9 Å². The predicted octanol–water partition coefficient (Wildman–Crippen LogP) is 4.86. The van der Waals surface area contributed by atoms with E-state index in [-0.39, 0.29) is 5.02 Å². The van der Waals surface area contributed by atoms with E-state index in [2.05, 4.69) is 30.2 Å². The van der Waals surface area contributed by atoms with E-state index in [4.69, 9.17) is 21.1 Å². The smallest absolute Gasteiger partial charge is 0.229 e. The number of halogens is 1. The zero-order valence-corrected chi connectivity index (χ0v) is 22.4. The molecule has 3 aromatic rings. The summed E-state index contributed by atoms with van der Waals surface area (Å²) in [6.45, 7) is 3.73. The number of anilines is 5. The van der Waals surface area contributed by atoms with Gasteiger partial charge in [0.2, 0.25) is 16.0 Å². The number of ether oxygens (including phenoxy) is 2. The van der Waals surface area contributed by atoms with E-state index in [1.54, 1.807) is 31.4 Å². The number of benzene rings is 2. The van der Waals surface area contributed by atoms with Gasteiger partial charge in [-0.2, -0.15) is 4.98 Å². The lowest BCUT2D eigenvalue weighted by atomic mass is 10.1. The van der Waals surface area contributed by atoms with Crippen LogP contribution in [0.2, 0.25) is 5.02 Å². The van der Waals surface area contributed by atoms with Crippen LogP contribution in [0.3, 0.4) is 0 Å². The van der Waals surface area contributed by atoms with Crippen LogP contribution in [0.5, 0.6) is 11.5 Å². The van der Waals surface area contributed by atoms with Gasteiger partial charge >= 0.3 is 0 Å². The maximum Gasteiger partial charge on any atom is 0.229 e. The fraction of sp³-hybridized carbons (Fsp3) is 0.360. The Morgan fingerprint density at radius 3 is 2.51 bits per heavy atom. The molecule has 0 radical (unpaired) electrons. The van der Waals surface area contributed by atoms with Gasteiger partial charge in [0.1, 0.15) is 11.6 Å². The Hall–Kier alpha value is -3.28. The number of hydrogen-bond acceptors (Lipinski definition) is 9. The fourth-order valence-corrected chi connectivity index (χ4v) is 4.70. The van der Waals surface area contributed by atoms with E-state index in [0.29, 0.717) is 46.9 Å². The number of para-hydroxylation sites is 2. The average molecular weight is 547 g/mol. The summed E-state index contributed by atoms with van der Waals surface area (Å²) in [5.74, 6) is 1.86. The standard InChI is InChI=1S/C25H31ClN6O4S/c1-35-23-16-18(10-11-22(23)36-15-14-32-12-6-3-7-13-32)28-25-27-17-19(26)24(30-25)29-20-8-4-5-9-21(20)31-37(2,33)34/h4-5,8-11,16-17,31H,3,6-7,12-15H2,1-2H3,(H2,27,28,29,30). The van der Waals surface area contributed by atoms with Crippen LogP contribution < -0.4 is 24.8 Å². The van der Waals surface area contributed by atoms with Crippen molar-refractivity contribution in [2.24, 2.45) is 0 Å². The molecule has 1 fully saturated rings. The number of methoxy groups -OCH3 is 1. The molecule has 1 aliphatic rings. The Labute approximate surface area is 222 Å². The maximum atomic E-state index is 11.7. The van der Waals surface area contributed by atoms with Crippen molar-refractivity contribution in [1.82, 2.24) is 14.9 Å². The lowest BCUT2D eigenvalue weighted by Gasteiger charge is -2.26. The third-order valence-corrected chi connectivity index (χ3v) is 6.62. The van der Waals surface area contributed by atoms with Gasteiger partial charge in [0.15, 0.2) is 17.3 Å². The molecular weight excluding hydrogens is 516 g/mol. The highest BCUT2D eigenvalue weighted by molar-refractivity contribution is 7.92. The number of nitrogens with one attached hydrogen (secondary N) is 3. The number of hydrogen-bond donors (Lipinski definition) is 3. The minimum atomic E-state index is -3.47. The topological polar surface area (TPSA) is 118 Å². The molecule has 4 rings (SSSR count). The molecular formula is C25H31ClN6O4S. The van der Waals surface area contributed by atoms with Crippen LogP contribution in [0.25, 0.3) is 0 Å². The van der Waals surface area contributed by atoms with Gasteiger partial charge in [-0.3, -0.25) is 9.62 Å². The molecule has 12 heteroatoms. The van der Waals surface area contributed by atoms with E-state index >= 15 is 0 Å². The summed E-state index contributed by atoms with van der Waals surface area (Å²) >= 11 is 6.31. The first-order chi connectivity index (χ1) is 17.8. The van der Waals surface area contributed by atoms with Crippen molar-refractivity contribution in [2.45, 2.75) is 19.3 Å². The second-order valence-corrected chi connectivity index (χ2v) is 10.8. The molecule has 1 aliphatic heterocycles. The summed E-state index contributed by atoms with van der Waals surface area (Å²) in [7, 11) is -1.87. The van der Waals surface area contributed by atoms with Crippen molar-refractivity contribution < 1.29 is 17.9 Å². The molecule has 37 heavy (non-hydrogen) atoms. The highest BCUT2D eigenvalue weighted by Gasteiger charge is 2.13. The SMILES string of the molecule is COc1cc(Nc2ncc(Cl)c(Nc3ccccc3NS(C)(=O)=O)n2)ccc1OCCN1CCCCC1. The monoisotopic (exact) mass is 546 g/mol. The van der Waals surface area contributed by atoms with Crippen LogP contribution in [0, 0.1) is 0 Å². The quantitative estimate of drug-likeness (QED) is 0.310. The van der Waals surface area contributed by atoms with Gasteiger partial charge in [0, 0.05) is 18.3 Å². The Balaban J connectivity index is 1.44. The summed E-state index contributed by atoms with van der Waals surface area (Å²) < 4.78 is 37.4. The molecule has 0 saturated carbocycles. The fourth-order valence-electron chi connectivity index (χ4n) is 3.98. The third kappa shape index (κ3) is 7.85. The predicted molar refractivity (Wildman–Crippen MR) is 147 cm³/mol. The van der Waals surface area contributed by atoms with Crippen LogP contribution in [-0.4, -0.2) is 62.9 Å². The van der Waals surface area contributed by atoms with Crippen LogP contribution in [0.1, 0.15) is 19.3 Å². The summed E-state index contributed by atoms with van der Waals surface area (Å²) in [6.07, 6.45) is 6.35. The number of likely N-dealkylation sites (tertiary alicyclic amines) is 1. The highest BCUT2D eigenvalue weighted by Crippen LogP contribution is 2.33. The lowest BCUT2D eigenvalue weighted by Crippen LogP contribution is -2.33. The number of piperidine rings is 1. The van der Waals surface area contributed by atoms with Gasteiger partial charge in [-0.15, -0.1) is 0 Å². The minimum absolute atomic E-state index is 0.273. The highest BCUT2D eigenvalue weighted by atomic mass is 35.5. The summed E-state index contributed by atoms with van der Waals surface area (Å²) in [5, 5.41) is 6.49.